The Bertz CT molecular complexity index is 953. The SMILES string of the molecule is COc1cc(/C=C/C(=O)O)cc(S(=O)(=O)Nc2ccc(SC)cc2)c1OC. The summed E-state index contributed by atoms with van der Waals surface area (Å²) in [4.78, 5) is 11.6. The van der Waals surface area contributed by atoms with Crippen LogP contribution in [-0.2, 0) is 14.8 Å². The normalized spacial score (nSPS) is 11.4. The van der Waals surface area contributed by atoms with E-state index in [1.165, 1.54) is 32.4 Å². The monoisotopic (exact) mass is 409 g/mol. The molecule has 0 atom stereocenters. The van der Waals surface area contributed by atoms with Crippen LogP contribution >= 0.6 is 11.8 Å². The number of carboxylic acids is 1. The number of sulfonamides is 1. The minimum absolute atomic E-state index is 0.0261. The minimum atomic E-state index is -4.01. The highest BCUT2D eigenvalue weighted by Gasteiger charge is 2.24. The average molecular weight is 409 g/mol. The van der Waals surface area contributed by atoms with Crippen LogP contribution in [0.3, 0.4) is 0 Å². The average Bonchev–Trinajstić information content (AvgIpc) is 2.65. The minimum Gasteiger partial charge on any atom is -0.493 e. The lowest BCUT2D eigenvalue weighted by Crippen LogP contribution is -2.14. The van der Waals surface area contributed by atoms with Crippen molar-refractivity contribution in [2.24, 2.45) is 0 Å². The van der Waals surface area contributed by atoms with E-state index in [-0.39, 0.29) is 16.4 Å². The fourth-order valence-electron chi connectivity index (χ4n) is 2.28. The van der Waals surface area contributed by atoms with Crippen LogP contribution in [0.15, 0.2) is 52.3 Å². The third kappa shape index (κ3) is 5.18. The molecular weight excluding hydrogens is 390 g/mol. The summed E-state index contributed by atoms with van der Waals surface area (Å²) in [5.74, 6) is -0.956. The quantitative estimate of drug-likeness (QED) is 0.509. The predicted molar refractivity (Wildman–Crippen MR) is 105 cm³/mol. The first-order valence-electron chi connectivity index (χ1n) is 7.64. The number of ether oxygens (including phenoxy) is 2. The summed E-state index contributed by atoms with van der Waals surface area (Å²) in [6.07, 6.45) is 4.11. The maximum Gasteiger partial charge on any atom is 0.328 e. The van der Waals surface area contributed by atoms with Crippen molar-refractivity contribution in [1.82, 2.24) is 0 Å². The van der Waals surface area contributed by atoms with Gasteiger partial charge in [-0.15, -0.1) is 11.8 Å². The second-order valence-corrected chi connectivity index (χ2v) is 7.79. The Morgan fingerprint density at radius 1 is 1.15 bits per heavy atom. The van der Waals surface area contributed by atoms with Gasteiger partial charge < -0.3 is 14.6 Å². The maximum absolute atomic E-state index is 12.9. The van der Waals surface area contributed by atoms with Crippen LogP contribution in [0.1, 0.15) is 5.56 Å². The van der Waals surface area contributed by atoms with E-state index in [4.69, 9.17) is 14.6 Å². The Balaban J connectivity index is 2.51. The van der Waals surface area contributed by atoms with E-state index >= 15 is 0 Å². The second kappa shape index (κ2) is 8.83. The third-order valence-electron chi connectivity index (χ3n) is 3.52. The van der Waals surface area contributed by atoms with E-state index in [1.54, 1.807) is 36.0 Å². The molecule has 0 aliphatic carbocycles. The summed E-state index contributed by atoms with van der Waals surface area (Å²) < 4.78 is 38.7. The third-order valence-corrected chi connectivity index (χ3v) is 5.65. The van der Waals surface area contributed by atoms with Gasteiger partial charge in [0, 0.05) is 16.7 Å². The largest absolute Gasteiger partial charge is 0.493 e. The zero-order chi connectivity index (χ0) is 20.0. The molecule has 0 saturated heterocycles. The summed E-state index contributed by atoms with van der Waals surface area (Å²) in [5.41, 5.74) is 0.730. The molecule has 0 amide bonds. The number of nitrogens with one attached hydrogen (secondary N) is 1. The molecule has 2 rings (SSSR count). The first kappa shape index (κ1) is 20.7. The van der Waals surface area contributed by atoms with E-state index in [1.807, 2.05) is 6.26 Å². The predicted octanol–water partition coefficient (Wildman–Crippen LogP) is 3.32. The number of benzene rings is 2. The lowest BCUT2D eigenvalue weighted by molar-refractivity contribution is -0.131. The summed E-state index contributed by atoms with van der Waals surface area (Å²) in [6, 6.07) is 9.71. The summed E-state index contributed by atoms with van der Waals surface area (Å²) in [6.45, 7) is 0. The highest BCUT2D eigenvalue weighted by Crippen LogP contribution is 2.37. The van der Waals surface area contributed by atoms with Crippen molar-refractivity contribution >= 4 is 39.5 Å². The van der Waals surface area contributed by atoms with Crippen LogP contribution in [0.4, 0.5) is 5.69 Å². The Morgan fingerprint density at radius 2 is 1.81 bits per heavy atom. The van der Waals surface area contributed by atoms with E-state index in [2.05, 4.69) is 4.72 Å². The lowest BCUT2D eigenvalue weighted by Gasteiger charge is -2.15. The van der Waals surface area contributed by atoms with Crippen LogP contribution < -0.4 is 14.2 Å². The van der Waals surface area contributed by atoms with Crippen molar-refractivity contribution < 1.29 is 27.8 Å². The van der Waals surface area contributed by atoms with Gasteiger partial charge in [0.2, 0.25) is 0 Å². The summed E-state index contributed by atoms with van der Waals surface area (Å²) >= 11 is 1.54. The van der Waals surface area contributed by atoms with Crippen molar-refractivity contribution in [2.45, 2.75) is 9.79 Å². The standard InChI is InChI=1S/C18H19NO6S2/c1-24-15-10-12(4-9-17(20)21)11-16(18(15)25-2)27(22,23)19-13-5-7-14(26-3)8-6-13/h4-11,19H,1-3H3,(H,20,21)/b9-4+. The van der Waals surface area contributed by atoms with E-state index in [0.717, 1.165) is 11.0 Å². The molecule has 27 heavy (non-hydrogen) atoms. The van der Waals surface area contributed by atoms with Gasteiger partial charge in [-0.05, 0) is 54.3 Å². The molecule has 0 saturated carbocycles. The fourth-order valence-corrected chi connectivity index (χ4v) is 3.97. The number of hydrogen-bond donors (Lipinski definition) is 2. The molecule has 0 aliphatic heterocycles. The Labute approximate surface area is 162 Å². The van der Waals surface area contributed by atoms with Crippen LogP contribution in [0.2, 0.25) is 0 Å². The molecule has 0 aliphatic rings. The summed E-state index contributed by atoms with van der Waals surface area (Å²) in [7, 11) is -1.31. The molecule has 0 unspecified atom stereocenters. The van der Waals surface area contributed by atoms with E-state index < -0.39 is 16.0 Å². The first-order valence-corrected chi connectivity index (χ1v) is 10.4. The van der Waals surface area contributed by atoms with Crippen molar-refractivity contribution in [1.29, 1.82) is 0 Å². The Hall–Kier alpha value is -2.65. The number of carboxylic acid groups (broad SMARTS) is 1. The molecule has 0 heterocycles. The molecular formula is C18H19NO6S2. The van der Waals surface area contributed by atoms with Gasteiger partial charge in [0.1, 0.15) is 4.90 Å². The van der Waals surface area contributed by atoms with Crippen LogP contribution in [0.5, 0.6) is 11.5 Å². The Kier molecular flexibility index (Phi) is 6.75. The van der Waals surface area contributed by atoms with Crippen LogP contribution in [0.25, 0.3) is 6.08 Å². The maximum atomic E-state index is 12.9. The van der Waals surface area contributed by atoms with Crippen molar-refractivity contribution in [3.05, 3.63) is 48.0 Å². The fraction of sp³-hybridized carbons (Fsp3) is 0.167. The molecule has 144 valence electrons. The number of anilines is 1. The van der Waals surface area contributed by atoms with Crippen molar-refractivity contribution in [3.8, 4) is 11.5 Å². The van der Waals surface area contributed by atoms with Gasteiger partial charge in [0.25, 0.3) is 10.0 Å². The zero-order valence-electron chi connectivity index (χ0n) is 14.9. The molecule has 0 fully saturated rings. The molecule has 2 aromatic rings. The van der Waals surface area contributed by atoms with Gasteiger partial charge in [-0.1, -0.05) is 0 Å². The number of methoxy groups -OCH3 is 2. The molecule has 2 aromatic carbocycles. The zero-order valence-corrected chi connectivity index (χ0v) is 16.6. The topological polar surface area (TPSA) is 102 Å². The van der Waals surface area contributed by atoms with Crippen molar-refractivity contribution in [3.63, 3.8) is 0 Å². The molecule has 0 aromatic heterocycles. The molecule has 7 nitrogen and oxygen atoms in total. The van der Waals surface area contributed by atoms with Gasteiger partial charge in [-0.3, -0.25) is 4.72 Å². The molecule has 0 radical (unpaired) electrons. The highest BCUT2D eigenvalue weighted by atomic mass is 32.2. The van der Waals surface area contributed by atoms with Crippen LogP contribution in [-0.4, -0.2) is 40.0 Å². The number of carbonyl (C=O) groups is 1. The summed E-state index contributed by atoms with van der Waals surface area (Å²) in [5, 5.41) is 8.79. The van der Waals surface area contributed by atoms with Gasteiger partial charge in [0.05, 0.1) is 14.2 Å². The molecule has 0 bridgehead atoms. The first-order chi connectivity index (χ1) is 12.8. The molecule has 2 N–H and O–H groups in total. The van der Waals surface area contributed by atoms with Gasteiger partial charge in [-0.25, -0.2) is 13.2 Å². The number of hydrogen-bond acceptors (Lipinski definition) is 6. The lowest BCUT2D eigenvalue weighted by atomic mass is 10.2. The molecule has 0 spiro atoms. The highest BCUT2D eigenvalue weighted by molar-refractivity contribution is 7.98. The van der Waals surface area contributed by atoms with Gasteiger partial charge >= 0.3 is 5.97 Å². The Morgan fingerprint density at radius 3 is 2.33 bits per heavy atom. The second-order valence-electron chi connectivity index (χ2n) is 5.26. The smallest absolute Gasteiger partial charge is 0.328 e. The van der Waals surface area contributed by atoms with E-state index in [9.17, 15) is 13.2 Å². The van der Waals surface area contributed by atoms with Gasteiger partial charge in [-0.2, -0.15) is 0 Å². The number of rotatable bonds is 8. The number of aliphatic carboxylic acids is 1. The van der Waals surface area contributed by atoms with Crippen molar-refractivity contribution in [2.75, 3.05) is 25.2 Å². The molecule has 9 heteroatoms. The van der Waals surface area contributed by atoms with Crippen LogP contribution in [0, 0.1) is 0 Å². The van der Waals surface area contributed by atoms with E-state index in [0.29, 0.717) is 11.3 Å². The number of thioether (sulfide) groups is 1. The van der Waals surface area contributed by atoms with Gasteiger partial charge in [0.15, 0.2) is 11.5 Å².